The Morgan fingerprint density at radius 1 is 1.33 bits per heavy atom. The van der Waals surface area contributed by atoms with Crippen molar-refractivity contribution in [2.24, 2.45) is 0 Å². The van der Waals surface area contributed by atoms with Gasteiger partial charge in [-0.3, -0.25) is 0 Å². The molecule has 0 bridgehead atoms. The van der Waals surface area contributed by atoms with Gasteiger partial charge in [0.15, 0.2) is 0 Å². The summed E-state index contributed by atoms with van der Waals surface area (Å²) in [6, 6.07) is 2.19. The summed E-state index contributed by atoms with van der Waals surface area (Å²) in [5.41, 5.74) is 0.215. The van der Waals surface area contributed by atoms with Gasteiger partial charge in [-0.2, -0.15) is 0 Å². The summed E-state index contributed by atoms with van der Waals surface area (Å²) in [4.78, 5) is 22.7. The summed E-state index contributed by atoms with van der Waals surface area (Å²) < 4.78 is 4.98. The third-order valence-electron chi connectivity index (χ3n) is 2.66. The number of carboxylic acid groups (broad SMARTS) is 1. The molecule has 0 fully saturated rings. The summed E-state index contributed by atoms with van der Waals surface area (Å²) in [5, 5.41) is 17.3. The van der Waals surface area contributed by atoms with Crippen LogP contribution in [0.3, 0.4) is 0 Å². The smallest absolute Gasteiger partial charge is 0.339 e. The molecule has 116 valence electrons. The number of anilines is 1. The highest BCUT2D eigenvalue weighted by Crippen LogP contribution is 2.30. The maximum Gasteiger partial charge on any atom is 0.339 e. The number of methoxy groups -OCH3 is 1. The zero-order valence-electron chi connectivity index (χ0n) is 11.8. The van der Waals surface area contributed by atoms with Gasteiger partial charge in [-0.15, -0.1) is 0 Å². The fourth-order valence-corrected chi connectivity index (χ4v) is 1.83. The van der Waals surface area contributed by atoms with E-state index >= 15 is 0 Å². The Hall–Kier alpha value is -1.99. The number of hydrogen-bond donors (Lipinski definition) is 4. The lowest BCUT2D eigenvalue weighted by molar-refractivity contribution is 0.0693. The van der Waals surface area contributed by atoms with E-state index in [1.807, 2.05) is 7.05 Å². The highest BCUT2D eigenvalue weighted by molar-refractivity contribution is 6.34. The van der Waals surface area contributed by atoms with Crippen molar-refractivity contribution in [3.05, 3.63) is 22.7 Å². The van der Waals surface area contributed by atoms with E-state index in [-0.39, 0.29) is 22.0 Å². The number of hydrogen-bond acceptors (Lipinski definition) is 4. The molecule has 0 saturated heterocycles. The summed E-state index contributed by atoms with van der Waals surface area (Å²) in [6.07, 6.45) is 0.791. The fraction of sp³-hybridized carbons (Fsp3) is 0.385. The van der Waals surface area contributed by atoms with Crippen LogP contribution in [0.5, 0.6) is 5.75 Å². The zero-order valence-corrected chi connectivity index (χ0v) is 12.6. The lowest BCUT2D eigenvalue weighted by atomic mass is 10.2. The van der Waals surface area contributed by atoms with Crippen molar-refractivity contribution in [1.82, 2.24) is 10.6 Å². The molecule has 1 aromatic carbocycles. The van der Waals surface area contributed by atoms with Gasteiger partial charge >= 0.3 is 12.0 Å². The third-order valence-corrected chi connectivity index (χ3v) is 2.97. The molecule has 0 aliphatic heterocycles. The van der Waals surface area contributed by atoms with Gasteiger partial charge in [0.05, 0.1) is 17.8 Å². The van der Waals surface area contributed by atoms with E-state index in [0.29, 0.717) is 6.54 Å². The number of ether oxygens (including phenoxy) is 1. The van der Waals surface area contributed by atoms with Gasteiger partial charge in [0.1, 0.15) is 11.3 Å². The average molecular weight is 316 g/mol. The predicted molar refractivity (Wildman–Crippen MR) is 80.5 cm³/mol. The van der Waals surface area contributed by atoms with E-state index in [2.05, 4.69) is 16.0 Å². The van der Waals surface area contributed by atoms with Crippen molar-refractivity contribution in [2.45, 2.75) is 6.42 Å². The second-order valence-corrected chi connectivity index (χ2v) is 4.58. The number of carboxylic acids is 1. The molecule has 4 N–H and O–H groups in total. The second-order valence-electron chi connectivity index (χ2n) is 4.18. The van der Waals surface area contributed by atoms with Gasteiger partial charge < -0.3 is 25.8 Å². The Labute approximate surface area is 127 Å². The number of carbonyl (C=O) groups excluding carboxylic acids is 1. The third kappa shape index (κ3) is 5.13. The molecule has 0 aromatic heterocycles. The van der Waals surface area contributed by atoms with Crippen molar-refractivity contribution in [3.8, 4) is 5.75 Å². The van der Waals surface area contributed by atoms with Gasteiger partial charge in [-0.05, 0) is 26.1 Å². The molecule has 21 heavy (non-hydrogen) atoms. The average Bonchev–Trinajstić information content (AvgIpc) is 2.45. The first-order valence-corrected chi connectivity index (χ1v) is 6.67. The van der Waals surface area contributed by atoms with E-state index in [0.717, 1.165) is 13.0 Å². The van der Waals surface area contributed by atoms with E-state index in [1.54, 1.807) is 0 Å². The molecule has 2 amide bonds. The summed E-state index contributed by atoms with van der Waals surface area (Å²) in [7, 11) is 3.17. The van der Waals surface area contributed by atoms with Crippen molar-refractivity contribution < 1.29 is 19.4 Å². The summed E-state index contributed by atoms with van der Waals surface area (Å²) in [6.45, 7) is 1.30. The molecule has 7 nitrogen and oxygen atoms in total. The Morgan fingerprint density at radius 2 is 2.05 bits per heavy atom. The Balaban J connectivity index is 2.75. The maximum absolute atomic E-state index is 11.7. The van der Waals surface area contributed by atoms with E-state index in [1.165, 1.54) is 19.2 Å². The largest absolute Gasteiger partial charge is 0.496 e. The molecule has 1 aromatic rings. The maximum atomic E-state index is 11.7. The van der Waals surface area contributed by atoms with Crippen LogP contribution in [0.25, 0.3) is 0 Å². The molecule has 0 aliphatic rings. The monoisotopic (exact) mass is 315 g/mol. The van der Waals surface area contributed by atoms with Gasteiger partial charge in [0.25, 0.3) is 0 Å². The molecule has 0 radical (unpaired) electrons. The quantitative estimate of drug-likeness (QED) is 0.575. The number of urea groups is 1. The highest BCUT2D eigenvalue weighted by atomic mass is 35.5. The molecule has 8 heteroatoms. The number of nitrogens with one attached hydrogen (secondary N) is 3. The molecule has 0 aliphatic carbocycles. The van der Waals surface area contributed by atoms with Gasteiger partial charge in [0, 0.05) is 12.6 Å². The predicted octanol–water partition coefficient (Wildman–Crippen LogP) is 1.78. The fourth-order valence-electron chi connectivity index (χ4n) is 1.62. The van der Waals surface area contributed by atoms with Crippen molar-refractivity contribution in [2.75, 3.05) is 32.6 Å². The van der Waals surface area contributed by atoms with Crippen LogP contribution in [0.15, 0.2) is 12.1 Å². The lowest BCUT2D eigenvalue weighted by Gasteiger charge is -2.12. The number of aromatic carboxylic acids is 1. The minimum atomic E-state index is -1.16. The molecule has 0 unspecified atom stereocenters. The normalized spacial score (nSPS) is 10.0. The van der Waals surface area contributed by atoms with E-state index in [9.17, 15) is 9.59 Å². The van der Waals surface area contributed by atoms with Crippen molar-refractivity contribution in [1.29, 1.82) is 0 Å². The van der Waals surface area contributed by atoms with Crippen LogP contribution in [-0.4, -0.2) is 44.4 Å². The van der Waals surface area contributed by atoms with Gasteiger partial charge in [-0.1, -0.05) is 11.6 Å². The summed E-state index contributed by atoms with van der Waals surface area (Å²) >= 11 is 5.96. The van der Waals surface area contributed by atoms with Gasteiger partial charge in [-0.25, -0.2) is 9.59 Å². The Kier molecular flexibility index (Phi) is 6.77. The molecule has 1 rings (SSSR count). The molecule has 0 atom stereocenters. The van der Waals surface area contributed by atoms with Crippen LogP contribution in [0, 0.1) is 0 Å². The number of halogens is 1. The second kappa shape index (κ2) is 8.33. The van der Waals surface area contributed by atoms with Crippen LogP contribution in [0.2, 0.25) is 5.02 Å². The van der Waals surface area contributed by atoms with Gasteiger partial charge in [0.2, 0.25) is 0 Å². The first kappa shape index (κ1) is 17.1. The number of benzene rings is 1. The topological polar surface area (TPSA) is 99.7 Å². The van der Waals surface area contributed by atoms with Crippen molar-refractivity contribution >= 4 is 29.3 Å². The Morgan fingerprint density at radius 3 is 2.62 bits per heavy atom. The first-order valence-electron chi connectivity index (χ1n) is 6.30. The molecule has 0 heterocycles. The van der Waals surface area contributed by atoms with Crippen molar-refractivity contribution in [3.63, 3.8) is 0 Å². The number of carbonyl (C=O) groups is 2. The van der Waals surface area contributed by atoms with E-state index in [4.69, 9.17) is 21.4 Å². The number of amides is 2. The molecule has 0 saturated carbocycles. The summed E-state index contributed by atoms with van der Waals surface area (Å²) in [5.74, 6) is -1.03. The molecular formula is C13H18ClN3O4. The van der Waals surface area contributed by atoms with Crippen LogP contribution in [0.1, 0.15) is 16.8 Å². The molecule has 0 spiro atoms. The van der Waals surface area contributed by atoms with Crippen LogP contribution < -0.4 is 20.7 Å². The zero-order chi connectivity index (χ0) is 15.8. The SMILES string of the molecule is CNCCCNC(=O)Nc1cc(OC)c(C(=O)O)cc1Cl. The minimum absolute atomic E-state index is 0.0671. The standard InChI is InChI=1S/C13H18ClN3O4/c1-15-4-3-5-16-13(20)17-10-7-11(21-2)8(12(18)19)6-9(10)14/h6-7,15H,3-5H2,1-2H3,(H,18,19)(H2,16,17,20). The lowest BCUT2D eigenvalue weighted by Crippen LogP contribution is -2.31. The number of rotatable bonds is 7. The minimum Gasteiger partial charge on any atom is -0.496 e. The highest BCUT2D eigenvalue weighted by Gasteiger charge is 2.16. The molecular weight excluding hydrogens is 298 g/mol. The van der Waals surface area contributed by atoms with Crippen LogP contribution in [-0.2, 0) is 0 Å². The Bertz CT molecular complexity index is 522. The van der Waals surface area contributed by atoms with Crippen LogP contribution >= 0.6 is 11.6 Å². The van der Waals surface area contributed by atoms with E-state index < -0.39 is 12.0 Å². The van der Waals surface area contributed by atoms with Crippen LogP contribution in [0.4, 0.5) is 10.5 Å². The first-order chi connectivity index (χ1) is 9.99.